The van der Waals surface area contributed by atoms with E-state index in [0.717, 1.165) is 6.54 Å². The molecule has 1 atom stereocenters. The van der Waals surface area contributed by atoms with Gasteiger partial charge in [-0.15, -0.1) is 11.3 Å². The summed E-state index contributed by atoms with van der Waals surface area (Å²) in [5.41, 5.74) is 1.58. The minimum atomic E-state index is 0.623. The maximum Gasteiger partial charge on any atom is 0.0331 e. The molecule has 1 aromatic heterocycles. The van der Waals surface area contributed by atoms with E-state index in [1.807, 2.05) is 11.3 Å². The average Bonchev–Trinajstić information content (AvgIpc) is 2.94. The van der Waals surface area contributed by atoms with E-state index in [9.17, 15) is 0 Å². The van der Waals surface area contributed by atoms with Crippen LogP contribution in [0.3, 0.4) is 0 Å². The Balaban J connectivity index is 1.37. The van der Waals surface area contributed by atoms with Gasteiger partial charge in [0.1, 0.15) is 0 Å². The normalized spacial score (nSPS) is 24.8. The van der Waals surface area contributed by atoms with Crippen molar-refractivity contribution in [2.24, 2.45) is 0 Å². The van der Waals surface area contributed by atoms with E-state index in [0.29, 0.717) is 6.04 Å². The lowest BCUT2D eigenvalue weighted by atomic mass is 9.94. The maximum atomic E-state index is 3.78. The molecule has 0 amide bonds. The number of piperazine rings is 1. The van der Waals surface area contributed by atoms with Gasteiger partial charge >= 0.3 is 0 Å². The number of aryl methyl sites for hydroxylation is 1. The van der Waals surface area contributed by atoms with Gasteiger partial charge in [0.05, 0.1) is 0 Å². The molecule has 1 unspecified atom stereocenters. The number of hydrogen-bond donors (Lipinski definition) is 1. The summed E-state index contributed by atoms with van der Waals surface area (Å²) in [7, 11) is 2.22. The van der Waals surface area contributed by atoms with E-state index >= 15 is 0 Å². The van der Waals surface area contributed by atoms with Gasteiger partial charge in [-0.05, 0) is 62.8 Å². The lowest BCUT2D eigenvalue weighted by Gasteiger charge is -2.32. The van der Waals surface area contributed by atoms with Crippen molar-refractivity contribution in [3.63, 3.8) is 0 Å². The van der Waals surface area contributed by atoms with Crippen LogP contribution in [0.4, 0.5) is 0 Å². The fourth-order valence-electron chi connectivity index (χ4n) is 3.35. The first-order chi connectivity index (χ1) is 9.83. The van der Waals surface area contributed by atoms with Gasteiger partial charge in [0, 0.05) is 37.1 Å². The SMILES string of the molecule is CN1CCN(CCCNC2CCCc3sccc32)CC1. The Labute approximate surface area is 127 Å². The van der Waals surface area contributed by atoms with E-state index in [4.69, 9.17) is 0 Å². The molecule has 3 nitrogen and oxygen atoms in total. The molecule has 0 radical (unpaired) electrons. The molecule has 0 spiro atoms. The van der Waals surface area contributed by atoms with Gasteiger partial charge < -0.3 is 15.1 Å². The highest BCUT2D eigenvalue weighted by atomic mass is 32.1. The second-order valence-corrected chi connectivity index (χ2v) is 7.20. The molecular weight excluding hydrogens is 266 g/mol. The van der Waals surface area contributed by atoms with Gasteiger partial charge in [0.2, 0.25) is 0 Å². The Morgan fingerprint density at radius 1 is 1.30 bits per heavy atom. The Morgan fingerprint density at radius 2 is 2.15 bits per heavy atom. The van der Waals surface area contributed by atoms with Gasteiger partial charge in [-0.25, -0.2) is 0 Å². The highest BCUT2D eigenvalue weighted by molar-refractivity contribution is 7.10. The lowest BCUT2D eigenvalue weighted by Crippen LogP contribution is -2.45. The van der Waals surface area contributed by atoms with Crippen molar-refractivity contribution in [1.82, 2.24) is 15.1 Å². The highest BCUT2D eigenvalue weighted by Gasteiger charge is 2.20. The van der Waals surface area contributed by atoms with Crippen molar-refractivity contribution >= 4 is 11.3 Å². The van der Waals surface area contributed by atoms with Crippen LogP contribution in [-0.2, 0) is 6.42 Å². The summed E-state index contributed by atoms with van der Waals surface area (Å²) >= 11 is 1.94. The van der Waals surface area contributed by atoms with Gasteiger partial charge in [-0.1, -0.05) is 0 Å². The van der Waals surface area contributed by atoms with E-state index < -0.39 is 0 Å². The summed E-state index contributed by atoms with van der Waals surface area (Å²) in [6, 6.07) is 2.95. The van der Waals surface area contributed by atoms with Crippen LogP contribution in [-0.4, -0.2) is 56.1 Å². The molecule has 4 heteroatoms. The van der Waals surface area contributed by atoms with Crippen molar-refractivity contribution in [3.8, 4) is 0 Å². The largest absolute Gasteiger partial charge is 0.310 e. The van der Waals surface area contributed by atoms with Crippen LogP contribution in [0.2, 0.25) is 0 Å². The molecule has 112 valence electrons. The number of fused-ring (bicyclic) bond motifs is 1. The Kier molecular flexibility index (Phi) is 5.10. The zero-order valence-electron chi connectivity index (χ0n) is 12.6. The fraction of sp³-hybridized carbons (Fsp3) is 0.750. The summed E-state index contributed by atoms with van der Waals surface area (Å²) in [6.45, 7) is 7.36. The summed E-state index contributed by atoms with van der Waals surface area (Å²) in [4.78, 5) is 6.65. The Bertz CT molecular complexity index is 410. The van der Waals surface area contributed by atoms with E-state index in [1.165, 1.54) is 58.4 Å². The van der Waals surface area contributed by atoms with Gasteiger partial charge in [-0.2, -0.15) is 0 Å². The van der Waals surface area contributed by atoms with E-state index in [1.54, 1.807) is 10.4 Å². The van der Waals surface area contributed by atoms with Crippen LogP contribution in [0.1, 0.15) is 35.7 Å². The first kappa shape index (κ1) is 14.5. The van der Waals surface area contributed by atoms with Crippen LogP contribution in [0, 0.1) is 0 Å². The number of likely N-dealkylation sites (N-methyl/N-ethyl adjacent to an activating group) is 1. The van der Waals surface area contributed by atoms with Crippen LogP contribution in [0.15, 0.2) is 11.4 Å². The molecule has 2 heterocycles. The number of rotatable bonds is 5. The van der Waals surface area contributed by atoms with Gasteiger partial charge in [0.25, 0.3) is 0 Å². The van der Waals surface area contributed by atoms with Crippen LogP contribution < -0.4 is 5.32 Å². The summed E-state index contributed by atoms with van der Waals surface area (Å²) in [6.07, 6.45) is 5.24. The molecule has 1 aliphatic carbocycles. The molecule has 1 aliphatic heterocycles. The molecule has 0 saturated carbocycles. The molecule has 1 fully saturated rings. The Morgan fingerprint density at radius 3 is 3.00 bits per heavy atom. The number of thiophene rings is 1. The third-order valence-corrected chi connectivity index (χ3v) is 5.69. The quantitative estimate of drug-likeness (QED) is 0.841. The third-order valence-electron chi connectivity index (χ3n) is 4.69. The first-order valence-corrected chi connectivity index (χ1v) is 8.91. The first-order valence-electron chi connectivity index (χ1n) is 8.03. The predicted molar refractivity (Wildman–Crippen MR) is 86.6 cm³/mol. The maximum absolute atomic E-state index is 3.78. The lowest BCUT2D eigenvalue weighted by molar-refractivity contribution is 0.152. The second-order valence-electron chi connectivity index (χ2n) is 6.20. The minimum absolute atomic E-state index is 0.623. The van der Waals surface area contributed by atoms with Crippen molar-refractivity contribution < 1.29 is 0 Å². The van der Waals surface area contributed by atoms with Crippen molar-refractivity contribution in [3.05, 3.63) is 21.9 Å². The molecule has 1 saturated heterocycles. The molecule has 1 aromatic rings. The van der Waals surface area contributed by atoms with Crippen LogP contribution >= 0.6 is 11.3 Å². The topological polar surface area (TPSA) is 18.5 Å². The fourth-order valence-corrected chi connectivity index (χ4v) is 4.34. The second kappa shape index (κ2) is 7.03. The molecule has 20 heavy (non-hydrogen) atoms. The summed E-state index contributed by atoms with van der Waals surface area (Å²) in [5, 5.41) is 6.04. The molecule has 0 bridgehead atoms. The standard InChI is InChI=1S/C16H27N3S/c1-18-9-11-19(12-10-18)8-3-7-17-15-4-2-5-16-14(15)6-13-20-16/h6,13,15,17H,2-5,7-12H2,1H3. The molecule has 0 aromatic carbocycles. The molecule has 1 N–H and O–H groups in total. The van der Waals surface area contributed by atoms with E-state index in [2.05, 4.69) is 33.6 Å². The van der Waals surface area contributed by atoms with Gasteiger partial charge in [0.15, 0.2) is 0 Å². The summed E-state index contributed by atoms with van der Waals surface area (Å²) in [5.74, 6) is 0. The highest BCUT2D eigenvalue weighted by Crippen LogP contribution is 2.33. The number of hydrogen-bond acceptors (Lipinski definition) is 4. The van der Waals surface area contributed by atoms with E-state index in [-0.39, 0.29) is 0 Å². The minimum Gasteiger partial charge on any atom is -0.310 e. The van der Waals surface area contributed by atoms with Gasteiger partial charge in [-0.3, -0.25) is 0 Å². The third kappa shape index (κ3) is 3.61. The average molecular weight is 293 g/mol. The predicted octanol–water partition coefficient (Wildman–Crippen LogP) is 2.35. The molecule has 3 rings (SSSR count). The zero-order chi connectivity index (χ0) is 13.8. The monoisotopic (exact) mass is 293 g/mol. The number of nitrogens with one attached hydrogen (secondary N) is 1. The van der Waals surface area contributed by atoms with Crippen LogP contribution in [0.25, 0.3) is 0 Å². The smallest absolute Gasteiger partial charge is 0.0331 e. The van der Waals surface area contributed by atoms with Crippen molar-refractivity contribution in [2.45, 2.75) is 31.7 Å². The van der Waals surface area contributed by atoms with Crippen molar-refractivity contribution in [1.29, 1.82) is 0 Å². The van der Waals surface area contributed by atoms with Crippen LogP contribution in [0.5, 0.6) is 0 Å². The summed E-state index contributed by atoms with van der Waals surface area (Å²) < 4.78 is 0. The zero-order valence-corrected chi connectivity index (χ0v) is 13.4. The number of nitrogens with zero attached hydrogens (tertiary/aromatic N) is 2. The van der Waals surface area contributed by atoms with Crippen molar-refractivity contribution in [2.75, 3.05) is 46.3 Å². The molecular formula is C16H27N3S. The molecule has 2 aliphatic rings. The Hall–Kier alpha value is -0.420.